The van der Waals surface area contributed by atoms with E-state index in [0.717, 1.165) is 13.0 Å². The maximum absolute atomic E-state index is 9.90. The van der Waals surface area contributed by atoms with E-state index in [0.29, 0.717) is 0 Å². The Balaban J connectivity index is 1.78. The van der Waals surface area contributed by atoms with E-state index in [1.165, 1.54) is 50.5 Å². The van der Waals surface area contributed by atoms with Crippen molar-refractivity contribution in [2.45, 2.75) is 63.5 Å². The highest BCUT2D eigenvalue weighted by atomic mass is 15.0. The summed E-state index contributed by atoms with van der Waals surface area (Å²) in [6.45, 7) is 0.816. The summed E-state index contributed by atoms with van der Waals surface area (Å²) in [6.07, 6.45) is 9.90. The molecule has 2 saturated carbocycles. The van der Waals surface area contributed by atoms with Crippen LogP contribution in [0.3, 0.4) is 0 Å². The first-order chi connectivity index (χ1) is 9.80. The number of benzene rings is 1. The van der Waals surface area contributed by atoms with Crippen LogP contribution in [-0.2, 0) is 6.54 Å². The number of hydrogen-bond donors (Lipinski definition) is 1. The molecule has 1 N–H and O–H groups in total. The summed E-state index contributed by atoms with van der Waals surface area (Å²) in [5, 5.41) is 13.6. The van der Waals surface area contributed by atoms with Crippen LogP contribution >= 0.6 is 0 Å². The lowest BCUT2D eigenvalue weighted by atomic mass is 9.63. The Bertz CT molecular complexity index is 482. The summed E-state index contributed by atoms with van der Waals surface area (Å²) in [4.78, 5) is 0. The molecule has 0 aromatic heterocycles. The predicted molar refractivity (Wildman–Crippen MR) is 81.0 cm³/mol. The zero-order valence-corrected chi connectivity index (χ0v) is 12.2. The standard InChI is InChI=1S/C18H24N2/c19-15-18(20-14-16-8-3-1-4-9-16)13-7-12-17(18)10-5-2-6-11-17/h1,3-4,8-9,20H,2,5-7,10-14H2. The van der Waals surface area contributed by atoms with Gasteiger partial charge >= 0.3 is 0 Å². The van der Waals surface area contributed by atoms with Crippen molar-refractivity contribution in [1.29, 1.82) is 5.26 Å². The third-order valence-electron chi connectivity index (χ3n) is 5.55. The first-order valence-corrected chi connectivity index (χ1v) is 8.01. The van der Waals surface area contributed by atoms with Gasteiger partial charge in [0, 0.05) is 12.0 Å². The van der Waals surface area contributed by atoms with Crippen molar-refractivity contribution in [2.24, 2.45) is 5.41 Å². The van der Waals surface area contributed by atoms with E-state index in [9.17, 15) is 5.26 Å². The molecule has 2 aliphatic rings. The highest BCUT2D eigenvalue weighted by Gasteiger charge is 2.54. The SMILES string of the molecule is N#CC1(NCc2ccccc2)CCCC12CCCCC2. The summed E-state index contributed by atoms with van der Waals surface area (Å²) in [6, 6.07) is 13.2. The molecule has 2 aliphatic carbocycles. The van der Waals surface area contributed by atoms with Crippen LogP contribution < -0.4 is 5.32 Å². The third kappa shape index (κ3) is 2.25. The first-order valence-electron chi connectivity index (χ1n) is 8.01. The van der Waals surface area contributed by atoms with E-state index in [-0.39, 0.29) is 11.0 Å². The largest absolute Gasteiger partial charge is 0.295 e. The Labute approximate surface area is 122 Å². The maximum atomic E-state index is 9.90. The summed E-state index contributed by atoms with van der Waals surface area (Å²) in [5.74, 6) is 0. The van der Waals surface area contributed by atoms with Gasteiger partial charge in [-0.25, -0.2) is 0 Å². The first kappa shape index (κ1) is 13.6. The average molecular weight is 268 g/mol. The molecule has 0 aliphatic heterocycles. The fourth-order valence-electron chi connectivity index (χ4n) is 4.41. The zero-order valence-electron chi connectivity index (χ0n) is 12.2. The van der Waals surface area contributed by atoms with Crippen LogP contribution in [0.1, 0.15) is 56.9 Å². The van der Waals surface area contributed by atoms with Gasteiger partial charge in [-0.05, 0) is 37.7 Å². The summed E-state index contributed by atoms with van der Waals surface area (Å²) < 4.78 is 0. The molecular formula is C18H24N2. The monoisotopic (exact) mass is 268 g/mol. The van der Waals surface area contributed by atoms with E-state index in [1.54, 1.807) is 0 Å². The molecule has 1 atom stereocenters. The van der Waals surface area contributed by atoms with Crippen LogP contribution in [0.5, 0.6) is 0 Å². The molecule has 3 rings (SSSR count). The van der Waals surface area contributed by atoms with Crippen molar-refractivity contribution in [3.8, 4) is 6.07 Å². The van der Waals surface area contributed by atoms with Gasteiger partial charge in [0.1, 0.15) is 5.54 Å². The fraction of sp³-hybridized carbons (Fsp3) is 0.611. The summed E-state index contributed by atoms with van der Waals surface area (Å²) >= 11 is 0. The van der Waals surface area contributed by atoms with Crippen LogP contribution in [0.2, 0.25) is 0 Å². The molecule has 1 aromatic carbocycles. The molecule has 20 heavy (non-hydrogen) atoms. The van der Waals surface area contributed by atoms with E-state index < -0.39 is 0 Å². The number of nitrogens with one attached hydrogen (secondary N) is 1. The Hall–Kier alpha value is -1.33. The number of nitrogens with zero attached hydrogens (tertiary/aromatic N) is 1. The van der Waals surface area contributed by atoms with Gasteiger partial charge in [-0.15, -0.1) is 0 Å². The lowest BCUT2D eigenvalue weighted by molar-refractivity contribution is 0.105. The van der Waals surface area contributed by atoms with Gasteiger partial charge in [-0.3, -0.25) is 5.32 Å². The lowest BCUT2D eigenvalue weighted by Gasteiger charge is -2.45. The number of nitriles is 1. The van der Waals surface area contributed by atoms with Crippen molar-refractivity contribution < 1.29 is 0 Å². The van der Waals surface area contributed by atoms with Gasteiger partial charge in [0.25, 0.3) is 0 Å². The number of hydrogen-bond acceptors (Lipinski definition) is 2. The molecule has 0 saturated heterocycles. The van der Waals surface area contributed by atoms with Gasteiger partial charge in [0.05, 0.1) is 6.07 Å². The normalized spacial score (nSPS) is 28.4. The molecular weight excluding hydrogens is 244 g/mol. The minimum atomic E-state index is -0.288. The summed E-state index contributed by atoms with van der Waals surface area (Å²) in [7, 11) is 0. The molecule has 0 heterocycles. The van der Waals surface area contributed by atoms with Crippen LogP contribution in [-0.4, -0.2) is 5.54 Å². The average Bonchev–Trinajstić information content (AvgIpc) is 2.85. The molecule has 0 bridgehead atoms. The van der Waals surface area contributed by atoms with E-state index >= 15 is 0 Å². The highest BCUT2D eigenvalue weighted by molar-refractivity contribution is 5.23. The van der Waals surface area contributed by atoms with E-state index in [1.807, 2.05) is 6.07 Å². The van der Waals surface area contributed by atoms with Gasteiger partial charge in [-0.2, -0.15) is 5.26 Å². The van der Waals surface area contributed by atoms with Crippen LogP contribution in [0.15, 0.2) is 30.3 Å². The molecule has 2 heteroatoms. The maximum Gasteiger partial charge on any atom is 0.112 e. The van der Waals surface area contributed by atoms with Crippen LogP contribution in [0, 0.1) is 16.7 Å². The smallest absolute Gasteiger partial charge is 0.112 e. The van der Waals surface area contributed by atoms with Gasteiger partial charge in [-0.1, -0.05) is 49.6 Å². The van der Waals surface area contributed by atoms with E-state index in [2.05, 4.69) is 35.7 Å². The van der Waals surface area contributed by atoms with Crippen LogP contribution in [0.25, 0.3) is 0 Å². The second-order valence-electron chi connectivity index (χ2n) is 6.55. The van der Waals surface area contributed by atoms with Crippen LogP contribution in [0.4, 0.5) is 0 Å². The minimum Gasteiger partial charge on any atom is -0.295 e. The molecule has 1 aromatic rings. The van der Waals surface area contributed by atoms with E-state index in [4.69, 9.17) is 0 Å². The zero-order chi connectivity index (χ0) is 13.9. The topological polar surface area (TPSA) is 35.8 Å². The predicted octanol–water partition coefficient (Wildman–Crippen LogP) is 4.17. The van der Waals surface area contributed by atoms with Gasteiger partial charge in [0.2, 0.25) is 0 Å². The van der Waals surface area contributed by atoms with Crippen molar-refractivity contribution in [1.82, 2.24) is 5.32 Å². The third-order valence-corrected chi connectivity index (χ3v) is 5.55. The molecule has 106 valence electrons. The second-order valence-corrected chi connectivity index (χ2v) is 6.55. The highest BCUT2D eigenvalue weighted by Crippen LogP contribution is 2.55. The van der Waals surface area contributed by atoms with Crippen molar-refractivity contribution in [2.75, 3.05) is 0 Å². The van der Waals surface area contributed by atoms with Crippen molar-refractivity contribution in [3.63, 3.8) is 0 Å². The van der Waals surface area contributed by atoms with Crippen molar-refractivity contribution >= 4 is 0 Å². The molecule has 2 fully saturated rings. The summed E-state index contributed by atoms with van der Waals surface area (Å²) in [5.41, 5.74) is 1.23. The minimum absolute atomic E-state index is 0.245. The molecule has 1 unspecified atom stereocenters. The molecule has 0 amide bonds. The van der Waals surface area contributed by atoms with Crippen molar-refractivity contribution in [3.05, 3.63) is 35.9 Å². The van der Waals surface area contributed by atoms with Gasteiger partial charge in [0.15, 0.2) is 0 Å². The fourth-order valence-corrected chi connectivity index (χ4v) is 4.41. The number of rotatable bonds is 3. The van der Waals surface area contributed by atoms with Gasteiger partial charge < -0.3 is 0 Å². The Kier molecular flexibility index (Phi) is 3.81. The Morgan fingerprint density at radius 1 is 0.950 bits per heavy atom. The molecule has 1 spiro atoms. The molecule has 0 radical (unpaired) electrons. The quantitative estimate of drug-likeness (QED) is 0.893. The molecule has 2 nitrogen and oxygen atoms in total. The Morgan fingerprint density at radius 2 is 1.65 bits per heavy atom. The lowest BCUT2D eigenvalue weighted by Crippen LogP contribution is -2.54. The second kappa shape index (κ2) is 5.58. The Morgan fingerprint density at radius 3 is 2.35 bits per heavy atom.